The highest BCUT2D eigenvalue weighted by atomic mass is 15.2. The molecule has 0 aromatic heterocycles. The maximum absolute atomic E-state index is 9.01. The number of nitriles is 1. The van der Waals surface area contributed by atoms with Crippen LogP contribution in [0.25, 0.3) is 0 Å². The van der Waals surface area contributed by atoms with E-state index in [9.17, 15) is 0 Å². The fraction of sp³-hybridized carbons (Fsp3) is 0.533. The second kappa shape index (κ2) is 5.88. The van der Waals surface area contributed by atoms with Gasteiger partial charge in [-0.25, -0.2) is 0 Å². The van der Waals surface area contributed by atoms with E-state index in [-0.39, 0.29) is 0 Å². The number of likely N-dealkylation sites (N-methyl/N-ethyl adjacent to an activating group) is 1. The zero-order valence-electron chi connectivity index (χ0n) is 11.3. The minimum atomic E-state index is 0.310. The summed E-state index contributed by atoms with van der Waals surface area (Å²) in [6.07, 6.45) is 1.75. The quantitative estimate of drug-likeness (QED) is 0.799. The Balaban J connectivity index is 2.21. The molecule has 0 spiro atoms. The Hall–Kier alpha value is -1.53. The lowest BCUT2D eigenvalue weighted by Crippen LogP contribution is -2.40. The molecule has 1 unspecified atom stereocenters. The third-order valence-corrected chi connectivity index (χ3v) is 3.59. The lowest BCUT2D eigenvalue weighted by Gasteiger charge is -2.31. The maximum Gasteiger partial charge on any atom is 0.0643 e. The first-order chi connectivity index (χ1) is 8.70. The Bertz CT molecular complexity index is 418. The van der Waals surface area contributed by atoms with Crippen molar-refractivity contribution in [2.45, 2.75) is 25.8 Å². The van der Waals surface area contributed by atoms with Crippen LogP contribution in [0.5, 0.6) is 0 Å². The summed E-state index contributed by atoms with van der Waals surface area (Å²) in [7, 11) is 2.14. The fourth-order valence-electron chi connectivity index (χ4n) is 2.60. The summed E-state index contributed by atoms with van der Waals surface area (Å²) in [5.74, 6) is 0. The molecule has 1 saturated heterocycles. The van der Waals surface area contributed by atoms with Crippen molar-refractivity contribution in [1.29, 1.82) is 5.26 Å². The molecule has 0 radical (unpaired) electrons. The van der Waals surface area contributed by atoms with E-state index in [1.54, 1.807) is 0 Å². The zero-order chi connectivity index (χ0) is 13.0. The van der Waals surface area contributed by atoms with Gasteiger partial charge in [-0.1, -0.05) is 17.7 Å². The van der Waals surface area contributed by atoms with Crippen molar-refractivity contribution in [3.63, 3.8) is 0 Å². The van der Waals surface area contributed by atoms with E-state index in [1.807, 2.05) is 0 Å². The van der Waals surface area contributed by atoms with Crippen LogP contribution < -0.4 is 4.90 Å². The van der Waals surface area contributed by atoms with Crippen LogP contribution in [-0.2, 0) is 0 Å². The van der Waals surface area contributed by atoms with Crippen LogP contribution in [0.2, 0.25) is 0 Å². The smallest absolute Gasteiger partial charge is 0.0643 e. The highest BCUT2D eigenvalue weighted by molar-refractivity contribution is 5.49. The van der Waals surface area contributed by atoms with Gasteiger partial charge in [0.15, 0.2) is 0 Å². The Morgan fingerprint density at radius 2 is 2.00 bits per heavy atom. The van der Waals surface area contributed by atoms with Crippen LogP contribution in [0.3, 0.4) is 0 Å². The van der Waals surface area contributed by atoms with Crippen molar-refractivity contribution >= 4 is 5.69 Å². The average molecular weight is 243 g/mol. The third kappa shape index (κ3) is 3.02. The van der Waals surface area contributed by atoms with E-state index in [0.717, 1.165) is 26.1 Å². The Morgan fingerprint density at radius 3 is 2.67 bits per heavy atom. The molecule has 1 aromatic carbocycles. The third-order valence-electron chi connectivity index (χ3n) is 3.59. The summed E-state index contributed by atoms with van der Waals surface area (Å²) in [5.41, 5.74) is 2.53. The first kappa shape index (κ1) is 12.9. The predicted molar refractivity (Wildman–Crippen MR) is 74.7 cm³/mol. The Labute approximate surface area is 110 Å². The molecular weight excluding hydrogens is 222 g/mol. The number of hydrogen-bond donors (Lipinski definition) is 0. The van der Waals surface area contributed by atoms with Gasteiger partial charge in [-0.05, 0) is 39.1 Å². The van der Waals surface area contributed by atoms with E-state index in [2.05, 4.69) is 54.1 Å². The van der Waals surface area contributed by atoms with E-state index in [0.29, 0.717) is 12.5 Å². The molecular formula is C15H21N3. The molecule has 0 amide bonds. The molecule has 0 aliphatic carbocycles. The van der Waals surface area contributed by atoms with Gasteiger partial charge in [0.05, 0.1) is 18.5 Å². The summed E-state index contributed by atoms with van der Waals surface area (Å²) < 4.78 is 0. The van der Waals surface area contributed by atoms with Gasteiger partial charge in [0.2, 0.25) is 0 Å². The highest BCUT2D eigenvalue weighted by Gasteiger charge is 2.23. The molecule has 1 aliphatic heterocycles. The number of nitrogens with zero attached hydrogens (tertiary/aromatic N) is 3. The summed E-state index contributed by atoms with van der Waals surface area (Å²) in [6.45, 7) is 5.23. The van der Waals surface area contributed by atoms with Crippen LogP contribution in [0, 0.1) is 18.3 Å². The van der Waals surface area contributed by atoms with E-state index < -0.39 is 0 Å². The molecule has 1 heterocycles. The molecule has 0 saturated carbocycles. The van der Waals surface area contributed by atoms with E-state index >= 15 is 0 Å². The summed E-state index contributed by atoms with van der Waals surface area (Å²) in [5, 5.41) is 9.01. The van der Waals surface area contributed by atoms with Gasteiger partial charge in [-0.15, -0.1) is 0 Å². The van der Waals surface area contributed by atoms with Crippen LogP contribution in [0.1, 0.15) is 18.4 Å². The maximum atomic E-state index is 9.01. The molecule has 1 atom stereocenters. The van der Waals surface area contributed by atoms with Crippen molar-refractivity contribution in [1.82, 2.24) is 4.90 Å². The van der Waals surface area contributed by atoms with Gasteiger partial charge in [-0.3, -0.25) is 0 Å². The topological polar surface area (TPSA) is 30.3 Å². The van der Waals surface area contributed by atoms with E-state index in [1.165, 1.54) is 11.3 Å². The summed E-state index contributed by atoms with van der Waals surface area (Å²) >= 11 is 0. The Kier molecular flexibility index (Phi) is 4.22. The van der Waals surface area contributed by atoms with Crippen molar-refractivity contribution in [3.8, 4) is 6.07 Å². The molecule has 18 heavy (non-hydrogen) atoms. The largest absolute Gasteiger partial charge is 0.366 e. The highest BCUT2D eigenvalue weighted by Crippen LogP contribution is 2.22. The second-order valence-corrected chi connectivity index (χ2v) is 5.16. The van der Waals surface area contributed by atoms with Crippen LogP contribution in [0.15, 0.2) is 24.3 Å². The normalized spacial score (nSPS) is 21.4. The van der Waals surface area contributed by atoms with Crippen molar-refractivity contribution < 1.29 is 0 Å². The van der Waals surface area contributed by atoms with Gasteiger partial charge in [0.1, 0.15) is 0 Å². The molecule has 0 bridgehead atoms. The first-order valence-corrected chi connectivity index (χ1v) is 6.59. The molecule has 1 aliphatic rings. The van der Waals surface area contributed by atoms with Crippen molar-refractivity contribution in [2.24, 2.45) is 0 Å². The van der Waals surface area contributed by atoms with Gasteiger partial charge in [0.25, 0.3) is 0 Å². The first-order valence-electron chi connectivity index (χ1n) is 6.59. The number of hydrogen-bond acceptors (Lipinski definition) is 3. The monoisotopic (exact) mass is 243 g/mol. The molecule has 1 fully saturated rings. The molecule has 0 N–H and O–H groups in total. The molecule has 2 rings (SSSR count). The average Bonchev–Trinajstić information content (AvgIpc) is 2.53. The van der Waals surface area contributed by atoms with Gasteiger partial charge in [0, 0.05) is 18.8 Å². The number of benzene rings is 1. The number of anilines is 1. The standard InChI is InChI=1S/C15H21N3/c1-13-4-6-14(7-5-13)18-11-3-10-17(2)12-15(18)8-9-16/h4-7,15H,3,8,10-12H2,1-2H3. The van der Waals surface area contributed by atoms with Crippen molar-refractivity contribution in [2.75, 3.05) is 31.6 Å². The van der Waals surface area contributed by atoms with Gasteiger partial charge < -0.3 is 9.80 Å². The number of rotatable bonds is 2. The summed E-state index contributed by atoms with van der Waals surface area (Å²) in [6, 6.07) is 11.3. The predicted octanol–water partition coefficient (Wildman–Crippen LogP) is 2.42. The number of aryl methyl sites for hydroxylation is 1. The van der Waals surface area contributed by atoms with Crippen LogP contribution in [-0.4, -0.2) is 37.6 Å². The van der Waals surface area contributed by atoms with Crippen LogP contribution >= 0.6 is 0 Å². The molecule has 96 valence electrons. The molecule has 3 heteroatoms. The minimum Gasteiger partial charge on any atom is -0.366 e. The lowest BCUT2D eigenvalue weighted by molar-refractivity contribution is 0.332. The van der Waals surface area contributed by atoms with Gasteiger partial charge in [-0.2, -0.15) is 5.26 Å². The Morgan fingerprint density at radius 1 is 1.28 bits per heavy atom. The molecule has 1 aromatic rings. The second-order valence-electron chi connectivity index (χ2n) is 5.16. The molecule has 3 nitrogen and oxygen atoms in total. The van der Waals surface area contributed by atoms with Crippen molar-refractivity contribution in [3.05, 3.63) is 29.8 Å². The minimum absolute atomic E-state index is 0.310. The SMILES string of the molecule is Cc1ccc(N2CCCN(C)CC2CC#N)cc1. The fourth-order valence-corrected chi connectivity index (χ4v) is 2.60. The lowest BCUT2D eigenvalue weighted by atomic mass is 10.1. The van der Waals surface area contributed by atoms with E-state index in [4.69, 9.17) is 5.26 Å². The van der Waals surface area contributed by atoms with Crippen LogP contribution in [0.4, 0.5) is 5.69 Å². The summed E-state index contributed by atoms with van der Waals surface area (Å²) in [4.78, 5) is 4.72. The zero-order valence-corrected chi connectivity index (χ0v) is 11.3. The van der Waals surface area contributed by atoms with Gasteiger partial charge >= 0.3 is 0 Å².